The summed E-state index contributed by atoms with van der Waals surface area (Å²) in [5.74, 6) is -0.357. The highest BCUT2D eigenvalue weighted by atomic mass is 35.6. The maximum atomic E-state index is 12.1. The molecular formula is C10H12Cl3NO2S. The van der Waals surface area contributed by atoms with Crippen LogP contribution < -0.4 is 0 Å². The van der Waals surface area contributed by atoms with Crippen LogP contribution in [-0.4, -0.2) is 19.7 Å². The van der Waals surface area contributed by atoms with Gasteiger partial charge in [0, 0.05) is 17.9 Å². The van der Waals surface area contributed by atoms with Crippen LogP contribution in [0.1, 0.15) is 19.8 Å². The molecule has 0 saturated heterocycles. The van der Waals surface area contributed by atoms with Gasteiger partial charge in [0.25, 0.3) is 3.12 Å². The molecule has 1 rings (SSSR count). The van der Waals surface area contributed by atoms with Gasteiger partial charge in [0.1, 0.15) is 0 Å². The number of hydrogen-bond donors (Lipinski definition) is 0. The summed E-state index contributed by atoms with van der Waals surface area (Å²) in [5.41, 5.74) is 0. The van der Waals surface area contributed by atoms with Crippen molar-refractivity contribution in [2.45, 2.75) is 22.9 Å². The summed E-state index contributed by atoms with van der Waals surface area (Å²) in [6.45, 7) is 1.97. The summed E-state index contributed by atoms with van der Waals surface area (Å²) < 4.78 is -0.850. The minimum Gasteiger partial charge on any atom is -0.277 e. The van der Waals surface area contributed by atoms with E-state index in [9.17, 15) is 9.59 Å². The molecule has 0 saturated carbocycles. The van der Waals surface area contributed by atoms with Crippen molar-refractivity contribution >= 4 is 59.1 Å². The first-order valence-electron chi connectivity index (χ1n) is 5.04. The monoisotopic (exact) mass is 315 g/mol. The lowest BCUT2D eigenvalue weighted by Crippen LogP contribution is -2.35. The van der Waals surface area contributed by atoms with Gasteiger partial charge in [-0.2, -0.15) is 0 Å². The Hall–Kier alpha value is 0.1000. The second-order valence-corrected chi connectivity index (χ2v) is 7.97. The molecule has 0 aromatic carbocycles. The molecule has 1 aliphatic rings. The predicted molar refractivity (Wildman–Crippen MR) is 71.8 cm³/mol. The molecule has 1 aliphatic carbocycles. The van der Waals surface area contributed by atoms with Crippen LogP contribution in [0.25, 0.3) is 0 Å². The Kier molecular flexibility index (Phi) is 5.64. The Balaban J connectivity index is 2.72. The number of hydrogen-bond acceptors (Lipinski definition) is 3. The van der Waals surface area contributed by atoms with Gasteiger partial charge in [-0.05, 0) is 18.8 Å². The maximum Gasteiger partial charge on any atom is 0.256 e. The average molecular weight is 317 g/mol. The lowest BCUT2D eigenvalue weighted by molar-refractivity contribution is -0.136. The highest BCUT2D eigenvalue weighted by Crippen LogP contribution is 2.41. The lowest BCUT2D eigenvalue weighted by atomic mass is 9.84. The fourth-order valence-corrected chi connectivity index (χ4v) is 2.85. The van der Waals surface area contributed by atoms with E-state index in [0.29, 0.717) is 24.8 Å². The first-order chi connectivity index (χ1) is 7.85. The van der Waals surface area contributed by atoms with Gasteiger partial charge in [0.2, 0.25) is 12.3 Å². The number of rotatable bonds is 3. The normalized spacial score (nSPS) is 24.5. The third kappa shape index (κ3) is 4.70. The molecule has 2 unspecified atom stereocenters. The fraction of sp³-hybridized carbons (Fsp3) is 0.600. The lowest BCUT2D eigenvalue weighted by Gasteiger charge is -2.28. The van der Waals surface area contributed by atoms with Gasteiger partial charge >= 0.3 is 0 Å². The third-order valence-electron chi connectivity index (χ3n) is 2.58. The molecule has 96 valence electrons. The molecule has 0 aromatic heterocycles. The Morgan fingerprint density at radius 2 is 2.00 bits per heavy atom. The van der Waals surface area contributed by atoms with E-state index in [1.54, 1.807) is 0 Å². The molecule has 17 heavy (non-hydrogen) atoms. The smallest absolute Gasteiger partial charge is 0.256 e. The average Bonchev–Trinajstić information content (AvgIpc) is 2.24. The van der Waals surface area contributed by atoms with Crippen LogP contribution >= 0.6 is 46.8 Å². The number of nitrogens with zero attached hydrogens (tertiary/aromatic N) is 1. The van der Waals surface area contributed by atoms with Crippen molar-refractivity contribution in [2.75, 3.05) is 0 Å². The Morgan fingerprint density at radius 3 is 2.47 bits per heavy atom. The van der Waals surface area contributed by atoms with Crippen LogP contribution in [0.3, 0.4) is 0 Å². The van der Waals surface area contributed by atoms with Crippen molar-refractivity contribution in [3.63, 3.8) is 0 Å². The molecule has 0 N–H and O–H groups in total. The molecule has 0 bridgehead atoms. The standard InChI is InChI=1S/C10H12Cl3NO2S/c1-7-4-2-3-5-8(7)9(16)14(6-15)17-10(11,12)13/h2-3,6-8H,4-5H2,1H3. The third-order valence-corrected chi connectivity index (χ3v) is 3.87. The SMILES string of the molecule is CC1CC=CCC1C(=O)N(C=O)SC(Cl)(Cl)Cl. The number of halogens is 3. The largest absolute Gasteiger partial charge is 0.277 e. The Morgan fingerprint density at radius 1 is 1.41 bits per heavy atom. The first kappa shape index (κ1) is 15.2. The molecule has 0 spiro atoms. The van der Waals surface area contributed by atoms with E-state index in [-0.39, 0.29) is 17.7 Å². The van der Waals surface area contributed by atoms with E-state index in [1.807, 2.05) is 19.1 Å². The first-order valence-corrected chi connectivity index (χ1v) is 6.95. The molecule has 2 amide bonds. The maximum absolute atomic E-state index is 12.1. The number of allylic oxidation sites excluding steroid dienone is 2. The highest BCUT2D eigenvalue weighted by Gasteiger charge is 2.34. The molecule has 0 aliphatic heterocycles. The van der Waals surface area contributed by atoms with E-state index >= 15 is 0 Å². The van der Waals surface area contributed by atoms with Gasteiger partial charge in [0.05, 0.1) is 0 Å². The molecule has 0 heterocycles. The second-order valence-electron chi connectivity index (χ2n) is 3.83. The topological polar surface area (TPSA) is 37.4 Å². The zero-order valence-corrected chi connectivity index (χ0v) is 12.2. The van der Waals surface area contributed by atoms with Gasteiger partial charge < -0.3 is 0 Å². The number of imide groups is 1. The van der Waals surface area contributed by atoms with Crippen LogP contribution in [0, 0.1) is 11.8 Å². The molecule has 0 fully saturated rings. The van der Waals surface area contributed by atoms with Crippen LogP contribution in [0.15, 0.2) is 12.2 Å². The van der Waals surface area contributed by atoms with E-state index in [4.69, 9.17) is 34.8 Å². The van der Waals surface area contributed by atoms with Gasteiger partial charge in [-0.15, -0.1) is 0 Å². The van der Waals surface area contributed by atoms with Crippen molar-refractivity contribution in [2.24, 2.45) is 11.8 Å². The highest BCUT2D eigenvalue weighted by molar-refractivity contribution is 8.03. The number of carbonyl (C=O) groups excluding carboxylic acids is 2. The fourth-order valence-electron chi connectivity index (χ4n) is 1.69. The van der Waals surface area contributed by atoms with Crippen LogP contribution in [0.5, 0.6) is 0 Å². The van der Waals surface area contributed by atoms with E-state index in [2.05, 4.69) is 0 Å². The molecule has 0 radical (unpaired) electrons. The zero-order valence-electron chi connectivity index (χ0n) is 9.11. The number of amides is 2. The van der Waals surface area contributed by atoms with Gasteiger partial charge in [-0.1, -0.05) is 53.9 Å². The van der Waals surface area contributed by atoms with Crippen LogP contribution in [0.2, 0.25) is 0 Å². The second kappa shape index (κ2) is 6.32. The molecule has 2 atom stereocenters. The van der Waals surface area contributed by atoms with Crippen molar-refractivity contribution < 1.29 is 9.59 Å². The Labute approximate surface area is 120 Å². The summed E-state index contributed by atoms with van der Waals surface area (Å²) in [7, 11) is 0. The van der Waals surface area contributed by atoms with Gasteiger partial charge in [-0.25, -0.2) is 4.31 Å². The summed E-state index contributed by atoms with van der Waals surface area (Å²) >= 11 is 17.3. The molecular weight excluding hydrogens is 305 g/mol. The molecule has 3 nitrogen and oxygen atoms in total. The van der Waals surface area contributed by atoms with Gasteiger partial charge in [0.15, 0.2) is 0 Å². The minimum absolute atomic E-state index is 0.186. The van der Waals surface area contributed by atoms with Crippen molar-refractivity contribution in [1.29, 1.82) is 0 Å². The van der Waals surface area contributed by atoms with E-state index < -0.39 is 3.12 Å². The van der Waals surface area contributed by atoms with E-state index in [0.717, 1.165) is 10.7 Å². The van der Waals surface area contributed by atoms with Crippen LogP contribution in [0.4, 0.5) is 0 Å². The van der Waals surface area contributed by atoms with Crippen molar-refractivity contribution in [3.05, 3.63) is 12.2 Å². The number of carbonyl (C=O) groups is 2. The summed E-state index contributed by atoms with van der Waals surface area (Å²) in [6.07, 6.45) is 5.79. The van der Waals surface area contributed by atoms with Crippen molar-refractivity contribution in [3.8, 4) is 0 Å². The quantitative estimate of drug-likeness (QED) is 0.346. The van der Waals surface area contributed by atoms with Crippen molar-refractivity contribution in [1.82, 2.24) is 4.31 Å². The number of alkyl halides is 3. The minimum atomic E-state index is -1.72. The molecule has 0 aromatic rings. The Bertz CT molecular complexity index is 330. The molecule has 7 heteroatoms. The summed E-state index contributed by atoms with van der Waals surface area (Å²) in [4.78, 5) is 22.9. The van der Waals surface area contributed by atoms with Crippen LogP contribution in [-0.2, 0) is 9.59 Å². The summed E-state index contributed by atoms with van der Waals surface area (Å²) in [5, 5.41) is 0. The summed E-state index contributed by atoms with van der Waals surface area (Å²) in [6, 6.07) is 0. The predicted octanol–water partition coefficient (Wildman–Crippen LogP) is 3.55. The van der Waals surface area contributed by atoms with Gasteiger partial charge in [-0.3, -0.25) is 9.59 Å². The van der Waals surface area contributed by atoms with E-state index in [1.165, 1.54) is 0 Å². The zero-order chi connectivity index (χ0) is 13.1.